The van der Waals surface area contributed by atoms with Gasteiger partial charge in [-0.15, -0.1) is 0 Å². The molecule has 7 nitrogen and oxygen atoms in total. The molecule has 3 atom stereocenters. The summed E-state index contributed by atoms with van der Waals surface area (Å²) in [5.41, 5.74) is 0.869. The number of fused-ring (bicyclic) bond motifs is 3. The summed E-state index contributed by atoms with van der Waals surface area (Å²) >= 11 is 0. The quantitative estimate of drug-likeness (QED) is 0.503. The van der Waals surface area contributed by atoms with Crippen molar-refractivity contribution in [2.45, 2.75) is 25.3 Å². The highest BCUT2D eigenvalue weighted by Crippen LogP contribution is 2.49. The minimum Gasteiger partial charge on any atom is -0.494 e. The molecule has 3 rings (SSSR count). The first kappa shape index (κ1) is 14.4. The summed E-state index contributed by atoms with van der Waals surface area (Å²) in [5, 5.41) is 23.6. The van der Waals surface area contributed by atoms with Gasteiger partial charge in [0.2, 0.25) is 0 Å². The van der Waals surface area contributed by atoms with Crippen LogP contribution in [0.2, 0.25) is 0 Å². The van der Waals surface area contributed by atoms with Gasteiger partial charge in [0.05, 0.1) is 17.6 Å². The van der Waals surface area contributed by atoms with Crippen LogP contribution >= 0.6 is 0 Å². The first-order valence-electron chi connectivity index (χ1n) is 7.14. The van der Waals surface area contributed by atoms with Gasteiger partial charge in [-0.1, -0.05) is 12.2 Å². The fraction of sp³-hybridized carbons (Fsp3) is 0.400. The molecule has 0 fully saturated rings. The molecule has 2 N–H and O–H groups in total. The second-order valence-electron chi connectivity index (χ2n) is 5.41. The molecule has 1 aliphatic carbocycles. The number of nitro benzene ring substituents is 1. The number of rotatable bonds is 4. The number of ether oxygens (including phenoxy) is 1. The first-order chi connectivity index (χ1) is 10.5. The van der Waals surface area contributed by atoms with Crippen LogP contribution in [0.4, 0.5) is 11.4 Å². The van der Waals surface area contributed by atoms with Gasteiger partial charge in [-0.2, -0.15) is 0 Å². The number of nitrogens with zero attached hydrogens (tertiary/aromatic N) is 1. The highest BCUT2D eigenvalue weighted by atomic mass is 16.6. The van der Waals surface area contributed by atoms with Gasteiger partial charge < -0.3 is 15.2 Å². The van der Waals surface area contributed by atoms with E-state index in [1.54, 1.807) is 6.07 Å². The fourth-order valence-electron chi connectivity index (χ4n) is 3.29. The molecule has 0 saturated carbocycles. The summed E-state index contributed by atoms with van der Waals surface area (Å²) in [6.45, 7) is 2.22. The Bertz CT molecular complexity index is 670. The Labute approximate surface area is 126 Å². The van der Waals surface area contributed by atoms with Crippen LogP contribution < -0.4 is 10.1 Å². The number of benzene rings is 1. The maximum atomic E-state index is 11.5. The number of carboxylic acid groups (broad SMARTS) is 1. The SMILES string of the molecule is CCOc1cc2c(c([N+](=O)[O-])c1)N[C@H](C(=O)O)[C@@H]1CC=C[C@H]21. The Balaban J connectivity index is 2.16. The van der Waals surface area contributed by atoms with Gasteiger partial charge in [0.1, 0.15) is 17.5 Å². The molecule has 1 aromatic carbocycles. The molecule has 22 heavy (non-hydrogen) atoms. The standard InChI is InChI=1S/C15H16N2O5/c1-2-22-8-6-11-9-4-3-5-10(9)14(15(18)19)16-13(11)12(7-8)17(20)21/h3-4,6-7,9-10,14,16H,2,5H2,1H3,(H,18,19)/t9-,10+,14-/m0/s1. The van der Waals surface area contributed by atoms with Crippen molar-refractivity contribution < 1.29 is 19.6 Å². The van der Waals surface area contributed by atoms with E-state index in [2.05, 4.69) is 5.32 Å². The van der Waals surface area contributed by atoms with Crippen LogP contribution in [-0.4, -0.2) is 28.6 Å². The predicted molar refractivity (Wildman–Crippen MR) is 79.3 cm³/mol. The van der Waals surface area contributed by atoms with Crippen molar-refractivity contribution in [2.75, 3.05) is 11.9 Å². The van der Waals surface area contributed by atoms with Gasteiger partial charge in [0, 0.05) is 11.8 Å². The number of carboxylic acids is 1. The topological polar surface area (TPSA) is 102 Å². The molecular formula is C15H16N2O5. The van der Waals surface area contributed by atoms with Gasteiger partial charge in [0.25, 0.3) is 5.69 Å². The van der Waals surface area contributed by atoms with Crippen LogP contribution in [0.15, 0.2) is 24.3 Å². The van der Waals surface area contributed by atoms with Crippen LogP contribution in [0, 0.1) is 16.0 Å². The smallest absolute Gasteiger partial charge is 0.326 e. The molecule has 0 bridgehead atoms. The minimum absolute atomic E-state index is 0.138. The van der Waals surface area contributed by atoms with Gasteiger partial charge in [-0.05, 0) is 25.0 Å². The maximum Gasteiger partial charge on any atom is 0.326 e. The molecule has 116 valence electrons. The summed E-state index contributed by atoms with van der Waals surface area (Å²) in [5.74, 6) is -0.840. The van der Waals surface area contributed by atoms with Crippen LogP contribution in [0.25, 0.3) is 0 Å². The third-order valence-corrected chi connectivity index (χ3v) is 4.20. The zero-order valence-corrected chi connectivity index (χ0v) is 12.0. The first-order valence-corrected chi connectivity index (χ1v) is 7.14. The number of allylic oxidation sites excluding steroid dienone is 2. The van der Waals surface area contributed by atoms with E-state index in [9.17, 15) is 20.0 Å². The summed E-state index contributed by atoms with van der Waals surface area (Å²) in [7, 11) is 0. The molecule has 0 spiro atoms. The largest absolute Gasteiger partial charge is 0.494 e. The van der Waals surface area contributed by atoms with Crippen LogP contribution in [0.3, 0.4) is 0 Å². The van der Waals surface area contributed by atoms with Crippen LogP contribution in [0.1, 0.15) is 24.8 Å². The van der Waals surface area contributed by atoms with E-state index in [4.69, 9.17) is 4.74 Å². The Kier molecular flexibility index (Phi) is 3.48. The Morgan fingerprint density at radius 3 is 2.95 bits per heavy atom. The van der Waals surface area contributed by atoms with E-state index in [-0.39, 0.29) is 23.2 Å². The fourth-order valence-corrected chi connectivity index (χ4v) is 3.29. The van der Waals surface area contributed by atoms with Crippen molar-refractivity contribution in [1.82, 2.24) is 0 Å². The number of hydrogen-bond donors (Lipinski definition) is 2. The third-order valence-electron chi connectivity index (χ3n) is 4.20. The van der Waals surface area contributed by atoms with Crippen molar-refractivity contribution in [1.29, 1.82) is 0 Å². The lowest BCUT2D eigenvalue weighted by Crippen LogP contribution is -2.42. The maximum absolute atomic E-state index is 11.5. The molecule has 1 aliphatic heterocycles. The summed E-state index contributed by atoms with van der Waals surface area (Å²) in [6.07, 6.45) is 4.50. The monoisotopic (exact) mass is 304 g/mol. The van der Waals surface area contributed by atoms with Gasteiger partial charge in [-0.25, -0.2) is 4.79 Å². The normalized spacial score (nSPS) is 25.0. The lowest BCUT2D eigenvalue weighted by Gasteiger charge is -2.34. The number of carbonyl (C=O) groups is 1. The van der Waals surface area contributed by atoms with E-state index in [0.717, 1.165) is 5.56 Å². The van der Waals surface area contributed by atoms with Crippen LogP contribution in [-0.2, 0) is 4.79 Å². The van der Waals surface area contributed by atoms with Crippen molar-refractivity contribution >= 4 is 17.3 Å². The molecule has 2 aliphatic rings. The Morgan fingerprint density at radius 2 is 2.32 bits per heavy atom. The average molecular weight is 304 g/mol. The van der Waals surface area contributed by atoms with Crippen LogP contribution in [0.5, 0.6) is 5.75 Å². The van der Waals surface area contributed by atoms with Crippen molar-refractivity contribution in [3.63, 3.8) is 0 Å². The Morgan fingerprint density at radius 1 is 1.55 bits per heavy atom. The third kappa shape index (κ3) is 2.18. The van der Waals surface area contributed by atoms with Gasteiger partial charge >= 0.3 is 5.97 Å². The second-order valence-corrected chi connectivity index (χ2v) is 5.41. The number of nitrogens with one attached hydrogen (secondary N) is 1. The molecule has 0 amide bonds. The highest BCUT2D eigenvalue weighted by molar-refractivity contribution is 5.83. The number of hydrogen-bond acceptors (Lipinski definition) is 5. The molecule has 7 heteroatoms. The second kappa shape index (κ2) is 5.32. The number of aliphatic carboxylic acids is 1. The summed E-state index contributed by atoms with van der Waals surface area (Å²) in [6, 6.07) is 2.28. The molecule has 1 aromatic rings. The lowest BCUT2D eigenvalue weighted by atomic mass is 9.79. The summed E-state index contributed by atoms with van der Waals surface area (Å²) in [4.78, 5) is 22.3. The van der Waals surface area contributed by atoms with E-state index in [0.29, 0.717) is 18.8 Å². The molecule has 0 aromatic heterocycles. The van der Waals surface area contributed by atoms with Crippen molar-refractivity contribution in [3.8, 4) is 5.75 Å². The van der Waals surface area contributed by atoms with Crippen molar-refractivity contribution in [3.05, 3.63) is 40.0 Å². The molecule has 0 unspecified atom stereocenters. The van der Waals surface area contributed by atoms with Gasteiger partial charge in [0.15, 0.2) is 0 Å². The summed E-state index contributed by atoms with van der Waals surface area (Å²) < 4.78 is 5.41. The molecule has 1 heterocycles. The van der Waals surface area contributed by atoms with E-state index >= 15 is 0 Å². The van der Waals surface area contributed by atoms with E-state index in [1.807, 2.05) is 19.1 Å². The molecule has 0 saturated heterocycles. The number of anilines is 1. The molecule has 0 radical (unpaired) electrons. The van der Waals surface area contributed by atoms with Gasteiger partial charge in [-0.3, -0.25) is 10.1 Å². The number of nitro groups is 1. The zero-order chi connectivity index (χ0) is 15.9. The molecular weight excluding hydrogens is 288 g/mol. The Hall–Kier alpha value is -2.57. The van der Waals surface area contributed by atoms with E-state index in [1.165, 1.54) is 6.07 Å². The van der Waals surface area contributed by atoms with E-state index < -0.39 is 16.9 Å². The lowest BCUT2D eigenvalue weighted by molar-refractivity contribution is -0.384. The highest BCUT2D eigenvalue weighted by Gasteiger charge is 2.43. The average Bonchev–Trinajstić information content (AvgIpc) is 2.95. The zero-order valence-electron chi connectivity index (χ0n) is 12.0. The minimum atomic E-state index is -0.993. The van der Waals surface area contributed by atoms with Crippen molar-refractivity contribution in [2.24, 2.45) is 5.92 Å². The predicted octanol–water partition coefficient (Wildman–Crippen LogP) is 2.53.